The number of ether oxygens (including phenoxy) is 2. The molecule has 1 aliphatic rings. The number of aliphatic carboxylic acids is 1. The Morgan fingerprint density at radius 1 is 0.941 bits per heavy atom. The number of carboxylic acid groups (broad SMARTS) is 1. The maximum Gasteiger partial charge on any atom is 0.303 e. The molecule has 0 radical (unpaired) electrons. The molecule has 1 fully saturated rings. The van der Waals surface area contributed by atoms with Gasteiger partial charge < -0.3 is 25.0 Å². The maximum atomic E-state index is 10.7. The largest absolute Gasteiger partial charge is 0.508 e. The van der Waals surface area contributed by atoms with Crippen molar-refractivity contribution in [3.05, 3.63) is 102 Å². The van der Waals surface area contributed by atoms with E-state index in [1.165, 1.54) is 0 Å². The molecular formula is C28H29NO5. The van der Waals surface area contributed by atoms with Gasteiger partial charge in [0.25, 0.3) is 0 Å². The van der Waals surface area contributed by atoms with Crippen molar-refractivity contribution in [2.75, 3.05) is 11.9 Å². The summed E-state index contributed by atoms with van der Waals surface area (Å²) >= 11 is 0. The Morgan fingerprint density at radius 2 is 1.65 bits per heavy atom. The summed E-state index contributed by atoms with van der Waals surface area (Å²) in [7, 11) is 0. The standard InChI is InChI=1S/C28H29NO5/c30-25-13-8-7-12-24(25)27-21(9-3-1-6-14-26(31)32)19-33-28(34-27)20-15-17-23(18-16-20)29-22-10-4-2-5-11-22/h1-5,7-8,10-13,15-18,21,27-30H,6,9,14,19H2,(H,31,32)/b3-1-/t21-,27+,28?/m1/s1. The summed E-state index contributed by atoms with van der Waals surface area (Å²) in [5.41, 5.74) is 3.60. The van der Waals surface area contributed by atoms with Crippen LogP contribution in [-0.2, 0) is 14.3 Å². The molecule has 0 aliphatic carbocycles. The van der Waals surface area contributed by atoms with Crippen LogP contribution in [0.25, 0.3) is 0 Å². The number of rotatable bonds is 9. The number of allylic oxidation sites excluding steroid dienone is 2. The van der Waals surface area contributed by atoms with Gasteiger partial charge in [0.05, 0.1) is 12.7 Å². The number of aromatic hydroxyl groups is 1. The third-order valence-electron chi connectivity index (χ3n) is 5.78. The molecule has 6 heteroatoms. The number of hydrogen-bond acceptors (Lipinski definition) is 5. The van der Waals surface area contributed by atoms with Gasteiger partial charge in [-0.2, -0.15) is 0 Å². The summed E-state index contributed by atoms with van der Waals surface area (Å²) in [4.78, 5) is 10.7. The van der Waals surface area contributed by atoms with E-state index in [1.54, 1.807) is 12.1 Å². The predicted octanol–water partition coefficient (Wildman–Crippen LogP) is 6.35. The molecule has 1 aliphatic heterocycles. The Labute approximate surface area is 199 Å². The molecule has 3 N–H and O–H groups in total. The van der Waals surface area contributed by atoms with E-state index in [0.29, 0.717) is 19.4 Å². The van der Waals surface area contributed by atoms with Crippen molar-refractivity contribution < 1.29 is 24.5 Å². The number of phenolic OH excluding ortho intramolecular Hbond substituents is 1. The number of benzene rings is 3. The molecule has 176 valence electrons. The average Bonchev–Trinajstić information content (AvgIpc) is 2.85. The first-order valence-electron chi connectivity index (χ1n) is 11.4. The van der Waals surface area contributed by atoms with Crippen LogP contribution in [0.15, 0.2) is 91.0 Å². The van der Waals surface area contributed by atoms with Crippen molar-refractivity contribution in [1.29, 1.82) is 0 Å². The fraction of sp³-hybridized carbons (Fsp3) is 0.250. The third-order valence-corrected chi connectivity index (χ3v) is 5.78. The molecule has 0 aromatic heterocycles. The summed E-state index contributed by atoms with van der Waals surface area (Å²) in [6.07, 6.45) is 4.18. The van der Waals surface area contributed by atoms with Gasteiger partial charge in [-0.3, -0.25) is 4.79 Å². The number of nitrogens with one attached hydrogen (secondary N) is 1. The van der Waals surface area contributed by atoms with Crippen molar-refractivity contribution >= 4 is 17.3 Å². The van der Waals surface area contributed by atoms with Gasteiger partial charge in [0.2, 0.25) is 0 Å². The molecule has 1 heterocycles. The van der Waals surface area contributed by atoms with Gasteiger partial charge in [0.15, 0.2) is 6.29 Å². The molecule has 0 spiro atoms. The Kier molecular flexibility index (Phi) is 7.96. The number of para-hydroxylation sites is 2. The average molecular weight is 460 g/mol. The lowest BCUT2D eigenvalue weighted by Crippen LogP contribution is -2.30. The number of hydrogen-bond donors (Lipinski definition) is 3. The minimum atomic E-state index is -0.811. The lowest BCUT2D eigenvalue weighted by atomic mass is 9.91. The molecule has 0 amide bonds. The monoisotopic (exact) mass is 459 g/mol. The van der Waals surface area contributed by atoms with Crippen LogP contribution in [0.2, 0.25) is 0 Å². The topological polar surface area (TPSA) is 88.0 Å². The molecule has 4 rings (SSSR count). The van der Waals surface area contributed by atoms with Gasteiger partial charge in [-0.15, -0.1) is 0 Å². The van der Waals surface area contributed by atoms with Crippen LogP contribution in [0.1, 0.15) is 42.8 Å². The van der Waals surface area contributed by atoms with E-state index in [9.17, 15) is 9.90 Å². The van der Waals surface area contributed by atoms with Gasteiger partial charge in [0, 0.05) is 34.8 Å². The molecule has 3 aromatic rings. The van der Waals surface area contributed by atoms with E-state index in [2.05, 4.69) is 5.32 Å². The Morgan fingerprint density at radius 3 is 2.38 bits per heavy atom. The van der Waals surface area contributed by atoms with Gasteiger partial charge in [-0.05, 0) is 43.2 Å². The van der Waals surface area contributed by atoms with Gasteiger partial charge in [0.1, 0.15) is 5.75 Å². The summed E-state index contributed by atoms with van der Waals surface area (Å²) < 4.78 is 12.4. The van der Waals surface area contributed by atoms with Crippen molar-refractivity contribution in [1.82, 2.24) is 0 Å². The van der Waals surface area contributed by atoms with Crippen LogP contribution in [-0.4, -0.2) is 22.8 Å². The third kappa shape index (κ3) is 6.25. The van der Waals surface area contributed by atoms with Crippen LogP contribution in [0.5, 0.6) is 5.75 Å². The van der Waals surface area contributed by atoms with Crippen LogP contribution in [0, 0.1) is 5.92 Å². The Bertz CT molecular complexity index is 1100. The molecule has 6 nitrogen and oxygen atoms in total. The molecule has 3 atom stereocenters. The van der Waals surface area contributed by atoms with Gasteiger partial charge >= 0.3 is 5.97 Å². The minimum Gasteiger partial charge on any atom is -0.508 e. The number of phenols is 1. The zero-order valence-corrected chi connectivity index (χ0v) is 18.8. The highest BCUT2D eigenvalue weighted by Crippen LogP contribution is 2.42. The van der Waals surface area contributed by atoms with Crippen LogP contribution < -0.4 is 5.32 Å². The smallest absolute Gasteiger partial charge is 0.303 e. The second-order valence-corrected chi connectivity index (χ2v) is 8.29. The van der Waals surface area contributed by atoms with Crippen LogP contribution >= 0.6 is 0 Å². The second-order valence-electron chi connectivity index (χ2n) is 8.29. The van der Waals surface area contributed by atoms with Crippen LogP contribution in [0.3, 0.4) is 0 Å². The van der Waals surface area contributed by atoms with Crippen molar-refractivity contribution in [3.63, 3.8) is 0 Å². The summed E-state index contributed by atoms with van der Waals surface area (Å²) in [5.74, 6) is -0.631. The SMILES string of the molecule is O=C(O)CC/C=C\C[C@@H]1COC(c2ccc(Nc3ccccc3)cc2)O[C@@H]1c1ccccc1O. The Hall–Kier alpha value is -3.61. The molecule has 1 saturated heterocycles. The van der Waals surface area contributed by atoms with Crippen LogP contribution in [0.4, 0.5) is 11.4 Å². The number of carbonyl (C=O) groups is 1. The maximum absolute atomic E-state index is 10.7. The van der Waals surface area contributed by atoms with Crippen molar-refractivity contribution in [2.45, 2.75) is 31.7 Å². The fourth-order valence-corrected chi connectivity index (χ4v) is 4.01. The number of carboxylic acids is 1. The molecule has 3 aromatic carbocycles. The first-order valence-corrected chi connectivity index (χ1v) is 11.4. The second kappa shape index (κ2) is 11.5. The van der Waals surface area contributed by atoms with E-state index >= 15 is 0 Å². The Balaban J connectivity index is 1.46. The molecule has 1 unspecified atom stereocenters. The van der Waals surface area contributed by atoms with Crippen molar-refractivity contribution in [3.8, 4) is 5.75 Å². The normalized spacial score (nSPS) is 20.3. The summed E-state index contributed by atoms with van der Waals surface area (Å²) in [6, 6.07) is 25.1. The predicted molar refractivity (Wildman–Crippen MR) is 131 cm³/mol. The summed E-state index contributed by atoms with van der Waals surface area (Å²) in [6.45, 7) is 0.455. The lowest BCUT2D eigenvalue weighted by Gasteiger charge is -2.37. The van der Waals surface area contributed by atoms with E-state index in [-0.39, 0.29) is 24.2 Å². The molecule has 0 bridgehead atoms. The molecular weight excluding hydrogens is 430 g/mol. The molecule has 0 saturated carbocycles. The van der Waals surface area contributed by atoms with E-state index in [0.717, 1.165) is 22.5 Å². The molecule has 34 heavy (non-hydrogen) atoms. The quantitative estimate of drug-likeness (QED) is 0.323. The van der Waals surface area contributed by atoms with Gasteiger partial charge in [-0.25, -0.2) is 0 Å². The number of anilines is 2. The lowest BCUT2D eigenvalue weighted by molar-refractivity contribution is -0.244. The fourth-order valence-electron chi connectivity index (χ4n) is 4.01. The highest BCUT2D eigenvalue weighted by molar-refractivity contribution is 5.66. The van der Waals surface area contributed by atoms with Crippen molar-refractivity contribution in [2.24, 2.45) is 5.92 Å². The van der Waals surface area contributed by atoms with E-state index < -0.39 is 12.3 Å². The van der Waals surface area contributed by atoms with Gasteiger partial charge in [-0.1, -0.05) is 60.7 Å². The highest BCUT2D eigenvalue weighted by Gasteiger charge is 2.34. The highest BCUT2D eigenvalue weighted by atomic mass is 16.7. The van der Waals surface area contributed by atoms with E-state index in [4.69, 9.17) is 14.6 Å². The van der Waals surface area contributed by atoms with E-state index in [1.807, 2.05) is 78.9 Å². The first kappa shape index (κ1) is 23.5. The first-order chi connectivity index (χ1) is 16.6. The zero-order valence-electron chi connectivity index (χ0n) is 18.8. The summed E-state index contributed by atoms with van der Waals surface area (Å²) in [5, 5.41) is 22.6. The zero-order chi connectivity index (χ0) is 23.8. The minimum absolute atomic E-state index is 0.00958.